The fourth-order valence-electron chi connectivity index (χ4n) is 1.79. The molecule has 0 unspecified atom stereocenters. The maximum Gasteiger partial charge on any atom is 0.417 e. The second-order valence-corrected chi connectivity index (χ2v) is 3.67. The smallest absolute Gasteiger partial charge is 0.298 e. The van der Waals surface area contributed by atoms with Crippen LogP contribution in [-0.4, -0.2) is 11.3 Å². The molecule has 0 aliphatic carbocycles. The van der Waals surface area contributed by atoms with Crippen LogP contribution in [0, 0.1) is 6.92 Å². The number of hydrogen-bond acceptors (Lipinski definition) is 2. The Morgan fingerprint density at radius 1 is 1.29 bits per heavy atom. The third-order valence-electron chi connectivity index (χ3n) is 2.42. The zero-order chi connectivity index (χ0) is 12.6. The van der Waals surface area contributed by atoms with E-state index in [0.717, 1.165) is 6.07 Å². The van der Waals surface area contributed by atoms with Gasteiger partial charge in [0, 0.05) is 16.6 Å². The Bertz CT molecular complexity index is 590. The van der Waals surface area contributed by atoms with E-state index in [4.69, 9.17) is 0 Å². The van der Waals surface area contributed by atoms with E-state index in [1.54, 1.807) is 6.92 Å². The lowest BCUT2D eigenvalue weighted by Crippen LogP contribution is -2.07. The highest BCUT2D eigenvalue weighted by atomic mass is 19.4. The number of hydrogen-bond donors (Lipinski definition) is 0. The molecule has 0 aliphatic heterocycles. The van der Waals surface area contributed by atoms with Crippen LogP contribution in [0.2, 0.25) is 0 Å². The third-order valence-corrected chi connectivity index (χ3v) is 2.42. The van der Waals surface area contributed by atoms with Crippen molar-refractivity contribution in [2.24, 2.45) is 0 Å². The summed E-state index contributed by atoms with van der Waals surface area (Å²) in [6.45, 7) is 1.63. The Morgan fingerprint density at radius 3 is 2.59 bits per heavy atom. The van der Waals surface area contributed by atoms with Crippen molar-refractivity contribution in [3.8, 4) is 0 Å². The van der Waals surface area contributed by atoms with Crippen LogP contribution >= 0.6 is 0 Å². The number of nitrogens with zero attached hydrogens (tertiary/aromatic N) is 1. The first-order valence-corrected chi connectivity index (χ1v) is 4.86. The maximum absolute atomic E-state index is 12.8. The Kier molecular flexibility index (Phi) is 2.61. The molecule has 0 atom stereocenters. The topological polar surface area (TPSA) is 30.0 Å². The minimum absolute atomic E-state index is 0.0143. The fourth-order valence-corrected chi connectivity index (χ4v) is 1.79. The number of aldehydes is 1. The van der Waals surface area contributed by atoms with Crippen molar-refractivity contribution in [2.45, 2.75) is 13.1 Å². The number of fused-ring (bicyclic) bond motifs is 1. The van der Waals surface area contributed by atoms with Gasteiger partial charge in [0.15, 0.2) is 6.29 Å². The van der Waals surface area contributed by atoms with E-state index >= 15 is 0 Å². The number of aromatic nitrogens is 1. The summed E-state index contributed by atoms with van der Waals surface area (Å²) < 4.78 is 38.4. The van der Waals surface area contributed by atoms with Gasteiger partial charge in [-0.1, -0.05) is 6.07 Å². The predicted octanol–water partition coefficient (Wildman–Crippen LogP) is 3.37. The Hall–Kier alpha value is -1.91. The summed E-state index contributed by atoms with van der Waals surface area (Å²) in [4.78, 5) is 14.9. The van der Waals surface area contributed by atoms with Crippen LogP contribution < -0.4 is 0 Å². The van der Waals surface area contributed by atoms with E-state index in [9.17, 15) is 18.0 Å². The van der Waals surface area contributed by atoms with Gasteiger partial charge < -0.3 is 0 Å². The Labute approximate surface area is 95.1 Å². The second kappa shape index (κ2) is 3.84. The standard InChI is InChI=1S/C12H8F3NO/c1-7-5-8(6-17)11-9(12(13,14)15)3-2-4-10(11)16-7/h2-6H,1H3. The molecule has 2 nitrogen and oxygen atoms in total. The summed E-state index contributed by atoms with van der Waals surface area (Å²) in [5, 5.41) is -0.138. The van der Waals surface area contributed by atoms with Crippen LogP contribution in [0.15, 0.2) is 24.3 Å². The highest BCUT2D eigenvalue weighted by Gasteiger charge is 2.33. The van der Waals surface area contributed by atoms with E-state index in [-0.39, 0.29) is 16.5 Å². The number of carbonyl (C=O) groups is 1. The van der Waals surface area contributed by atoms with E-state index in [0.29, 0.717) is 12.0 Å². The summed E-state index contributed by atoms with van der Waals surface area (Å²) in [5.41, 5.74) is -0.120. The second-order valence-electron chi connectivity index (χ2n) is 3.67. The first kappa shape index (κ1) is 11.6. The van der Waals surface area contributed by atoms with Crippen LogP contribution in [0.4, 0.5) is 13.2 Å². The van der Waals surface area contributed by atoms with Gasteiger partial charge in [-0.25, -0.2) is 0 Å². The zero-order valence-electron chi connectivity index (χ0n) is 8.88. The number of pyridine rings is 1. The van der Waals surface area contributed by atoms with E-state index in [2.05, 4.69) is 4.98 Å². The summed E-state index contributed by atoms with van der Waals surface area (Å²) >= 11 is 0. The van der Waals surface area contributed by atoms with Gasteiger partial charge in [0.1, 0.15) is 0 Å². The minimum atomic E-state index is -4.49. The van der Waals surface area contributed by atoms with E-state index < -0.39 is 11.7 Å². The van der Waals surface area contributed by atoms with Gasteiger partial charge in [-0.2, -0.15) is 13.2 Å². The molecule has 0 bridgehead atoms. The zero-order valence-corrected chi connectivity index (χ0v) is 8.88. The molecule has 0 aliphatic rings. The monoisotopic (exact) mass is 239 g/mol. The number of carbonyl (C=O) groups excluding carboxylic acids is 1. The Morgan fingerprint density at radius 2 is 2.00 bits per heavy atom. The van der Waals surface area contributed by atoms with Gasteiger partial charge in [-0.15, -0.1) is 0 Å². The molecule has 1 heterocycles. The van der Waals surface area contributed by atoms with E-state index in [1.807, 2.05) is 0 Å². The first-order valence-electron chi connectivity index (χ1n) is 4.86. The molecule has 1 aromatic carbocycles. The number of halogens is 3. The van der Waals surface area contributed by atoms with Gasteiger partial charge in [0.05, 0.1) is 11.1 Å². The van der Waals surface area contributed by atoms with Crippen LogP contribution in [-0.2, 0) is 6.18 Å². The van der Waals surface area contributed by atoms with Gasteiger partial charge in [0.25, 0.3) is 0 Å². The van der Waals surface area contributed by atoms with Crippen molar-refractivity contribution in [3.63, 3.8) is 0 Å². The van der Waals surface area contributed by atoms with Crippen LogP contribution in [0.25, 0.3) is 10.9 Å². The molecule has 0 saturated carbocycles. The molecular formula is C12H8F3NO. The predicted molar refractivity (Wildman–Crippen MR) is 56.9 cm³/mol. The Balaban J connectivity index is 2.92. The molecule has 2 rings (SSSR count). The molecule has 17 heavy (non-hydrogen) atoms. The van der Waals surface area contributed by atoms with Crippen LogP contribution in [0.5, 0.6) is 0 Å². The van der Waals surface area contributed by atoms with Crippen molar-refractivity contribution in [1.82, 2.24) is 4.98 Å². The number of aryl methyl sites for hydroxylation is 1. The molecule has 0 spiro atoms. The normalized spacial score (nSPS) is 11.8. The largest absolute Gasteiger partial charge is 0.417 e. The molecule has 88 valence electrons. The lowest BCUT2D eigenvalue weighted by molar-refractivity contribution is -0.136. The molecule has 0 N–H and O–H groups in total. The molecule has 1 aromatic heterocycles. The summed E-state index contributed by atoms with van der Waals surface area (Å²) in [6.07, 6.45) is -4.07. The van der Waals surface area contributed by atoms with Crippen molar-refractivity contribution in [2.75, 3.05) is 0 Å². The third kappa shape index (κ3) is 2.00. The number of benzene rings is 1. The molecule has 5 heteroatoms. The van der Waals surface area contributed by atoms with Gasteiger partial charge >= 0.3 is 6.18 Å². The average Bonchev–Trinajstić information content (AvgIpc) is 2.25. The average molecular weight is 239 g/mol. The SMILES string of the molecule is Cc1cc(C=O)c2c(C(F)(F)F)cccc2n1. The molecular weight excluding hydrogens is 231 g/mol. The highest BCUT2D eigenvalue weighted by molar-refractivity contribution is 5.98. The van der Waals surface area contributed by atoms with Crippen molar-refractivity contribution in [1.29, 1.82) is 0 Å². The molecule has 0 amide bonds. The molecule has 0 saturated heterocycles. The van der Waals surface area contributed by atoms with Gasteiger partial charge in [-0.3, -0.25) is 9.78 Å². The molecule has 0 radical (unpaired) electrons. The van der Waals surface area contributed by atoms with Crippen molar-refractivity contribution >= 4 is 17.2 Å². The quantitative estimate of drug-likeness (QED) is 0.714. The first-order chi connectivity index (χ1) is 7.93. The molecule has 0 fully saturated rings. The lowest BCUT2D eigenvalue weighted by Gasteiger charge is -2.11. The lowest BCUT2D eigenvalue weighted by atomic mass is 10.0. The van der Waals surface area contributed by atoms with Crippen LogP contribution in [0.1, 0.15) is 21.6 Å². The van der Waals surface area contributed by atoms with Gasteiger partial charge in [0.2, 0.25) is 0 Å². The summed E-state index contributed by atoms with van der Waals surface area (Å²) in [5.74, 6) is 0. The van der Waals surface area contributed by atoms with Crippen molar-refractivity contribution in [3.05, 3.63) is 41.1 Å². The number of alkyl halides is 3. The van der Waals surface area contributed by atoms with Crippen molar-refractivity contribution < 1.29 is 18.0 Å². The minimum Gasteiger partial charge on any atom is -0.298 e. The summed E-state index contributed by atoms with van der Waals surface area (Å²) in [6, 6.07) is 5.05. The summed E-state index contributed by atoms with van der Waals surface area (Å²) in [7, 11) is 0. The van der Waals surface area contributed by atoms with E-state index in [1.165, 1.54) is 18.2 Å². The highest BCUT2D eigenvalue weighted by Crippen LogP contribution is 2.35. The number of rotatable bonds is 1. The maximum atomic E-state index is 12.8. The van der Waals surface area contributed by atoms with Gasteiger partial charge in [-0.05, 0) is 25.1 Å². The van der Waals surface area contributed by atoms with Crippen LogP contribution in [0.3, 0.4) is 0 Å². The molecule has 2 aromatic rings. The fraction of sp³-hybridized carbons (Fsp3) is 0.167.